The molecule has 7 heteroatoms. The summed E-state index contributed by atoms with van der Waals surface area (Å²) < 4.78 is 45.6. The average Bonchev–Trinajstić information content (AvgIpc) is 2.87. The maximum absolute atomic E-state index is 12.7. The fourth-order valence-corrected chi connectivity index (χ4v) is 3.72. The van der Waals surface area contributed by atoms with Crippen molar-refractivity contribution in [1.29, 1.82) is 0 Å². The highest BCUT2D eigenvalue weighted by Crippen LogP contribution is 2.30. The summed E-state index contributed by atoms with van der Waals surface area (Å²) in [6.45, 7) is 5.62. The number of ether oxygens (including phenoxy) is 1. The third-order valence-corrected chi connectivity index (χ3v) is 4.77. The minimum Gasteiger partial charge on any atom is -0.375 e. The molecule has 1 aromatic heterocycles. The van der Waals surface area contributed by atoms with Gasteiger partial charge >= 0.3 is 6.18 Å². The molecular formula is C16H24F3N3O. The van der Waals surface area contributed by atoms with Crippen molar-refractivity contribution in [1.82, 2.24) is 14.9 Å². The van der Waals surface area contributed by atoms with Gasteiger partial charge in [-0.1, -0.05) is 0 Å². The molecule has 0 amide bonds. The highest BCUT2D eigenvalue weighted by atomic mass is 19.4. The lowest BCUT2D eigenvalue weighted by molar-refractivity contribution is -0.141. The van der Waals surface area contributed by atoms with Crippen LogP contribution in [-0.2, 0) is 23.9 Å². The van der Waals surface area contributed by atoms with Gasteiger partial charge in [0.15, 0.2) is 5.69 Å². The SMILES string of the molecule is C[C@@H]1CC(NC[C@@H]2CCc3nc(C(F)(F)F)cn3C2)C[C@H](C)O1. The Hall–Kier alpha value is -1.08. The Bertz CT molecular complexity index is 533. The lowest BCUT2D eigenvalue weighted by Gasteiger charge is -2.34. The fraction of sp³-hybridized carbons (Fsp3) is 0.812. The first-order valence-electron chi connectivity index (χ1n) is 8.33. The van der Waals surface area contributed by atoms with Crippen molar-refractivity contribution in [3.63, 3.8) is 0 Å². The quantitative estimate of drug-likeness (QED) is 0.925. The zero-order valence-electron chi connectivity index (χ0n) is 13.6. The van der Waals surface area contributed by atoms with Crippen LogP contribution in [0.25, 0.3) is 0 Å². The number of nitrogens with one attached hydrogen (secondary N) is 1. The Morgan fingerprint density at radius 2 is 2.00 bits per heavy atom. The first kappa shape index (κ1) is 16.8. The normalized spacial score (nSPS) is 31.9. The van der Waals surface area contributed by atoms with Crippen LogP contribution >= 0.6 is 0 Å². The van der Waals surface area contributed by atoms with E-state index in [-0.39, 0.29) is 12.2 Å². The Morgan fingerprint density at radius 1 is 1.30 bits per heavy atom. The van der Waals surface area contributed by atoms with E-state index >= 15 is 0 Å². The van der Waals surface area contributed by atoms with Crippen LogP contribution in [0.4, 0.5) is 13.2 Å². The Morgan fingerprint density at radius 3 is 2.65 bits per heavy atom. The Kier molecular flexibility index (Phi) is 4.69. The number of nitrogens with zero attached hydrogens (tertiary/aromatic N) is 2. The highest BCUT2D eigenvalue weighted by molar-refractivity contribution is 5.10. The van der Waals surface area contributed by atoms with E-state index in [1.54, 1.807) is 4.57 Å². The third-order valence-electron chi connectivity index (χ3n) is 4.77. The lowest BCUT2D eigenvalue weighted by Crippen LogP contribution is -2.43. The monoisotopic (exact) mass is 331 g/mol. The minimum absolute atomic E-state index is 0.261. The van der Waals surface area contributed by atoms with E-state index in [9.17, 15) is 13.2 Å². The van der Waals surface area contributed by atoms with Crippen LogP contribution < -0.4 is 5.32 Å². The second-order valence-corrected chi connectivity index (χ2v) is 6.93. The minimum atomic E-state index is -4.35. The van der Waals surface area contributed by atoms with Crippen molar-refractivity contribution in [2.24, 2.45) is 5.92 Å². The molecule has 3 heterocycles. The number of aryl methyl sites for hydroxylation is 1. The lowest BCUT2D eigenvalue weighted by atomic mass is 9.96. The molecule has 0 bridgehead atoms. The van der Waals surface area contributed by atoms with Crippen LogP contribution in [0.3, 0.4) is 0 Å². The summed E-state index contributed by atoms with van der Waals surface area (Å²) in [5.74, 6) is 0.910. The highest BCUT2D eigenvalue weighted by Gasteiger charge is 2.36. The van der Waals surface area contributed by atoms with Crippen molar-refractivity contribution in [3.8, 4) is 0 Å². The van der Waals surface area contributed by atoms with Gasteiger partial charge in [0, 0.05) is 25.2 Å². The summed E-state index contributed by atoms with van der Waals surface area (Å²) in [5, 5.41) is 3.58. The molecule has 130 valence electrons. The van der Waals surface area contributed by atoms with Gasteiger partial charge in [0.2, 0.25) is 0 Å². The van der Waals surface area contributed by atoms with Gasteiger partial charge in [0.05, 0.1) is 12.2 Å². The van der Waals surface area contributed by atoms with E-state index in [2.05, 4.69) is 24.1 Å². The molecule has 1 saturated heterocycles. The van der Waals surface area contributed by atoms with Gasteiger partial charge < -0.3 is 14.6 Å². The molecule has 4 atom stereocenters. The van der Waals surface area contributed by atoms with Gasteiger partial charge in [-0.05, 0) is 45.6 Å². The van der Waals surface area contributed by atoms with Crippen LogP contribution in [0.5, 0.6) is 0 Å². The number of imidazole rings is 1. The van der Waals surface area contributed by atoms with Crippen molar-refractivity contribution < 1.29 is 17.9 Å². The van der Waals surface area contributed by atoms with Gasteiger partial charge in [0.25, 0.3) is 0 Å². The number of hydrogen-bond acceptors (Lipinski definition) is 3. The molecule has 2 aliphatic heterocycles. The first-order chi connectivity index (χ1) is 10.8. The number of hydrogen-bond donors (Lipinski definition) is 1. The van der Waals surface area contributed by atoms with E-state index in [0.717, 1.165) is 32.0 Å². The molecule has 23 heavy (non-hydrogen) atoms. The molecule has 1 unspecified atom stereocenters. The van der Waals surface area contributed by atoms with E-state index in [4.69, 9.17) is 4.74 Å². The molecule has 2 aliphatic rings. The number of halogens is 3. The van der Waals surface area contributed by atoms with Gasteiger partial charge in [0.1, 0.15) is 5.82 Å². The summed E-state index contributed by atoms with van der Waals surface area (Å²) in [6, 6.07) is 0.434. The predicted molar refractivity (Wildman–Crippen MR) is 80.1 cm³/mol. The van der Waals surface area contributed by atoms with Crippen LogP contribution in [0.1, 0.15) is 44.6 Å². The Balaban J connectivity index is 1.54. The largest absolute Gasteiger partial charge is 0.434 e. The smallest absolute Gasteiger partial charge is 0.375 e. The summed E-state index contributed by atoms with van der Waals surface area (Å²) in [6.07, 6.45) is 0.803. The molecular weight excluding hydrogens is 307 g/mol. The molecule has 0 aliphatic carbocycles. The summed E-state index contributed by atoms with van der Waals surface area (Å²) in [7, 11) is 0. The molecule has 0 aromatic carbocycles. The van der Waals surface area contributed by atoms with Gasteiger partial charge in [-0.2, -0.15) is 13.2 Å². The zero-order valence-corrected chi connectivity index (χ0v) is 13.6. The van der Waals surface area contributed by atoms with Gasteiger partial charge in [-0.3, -0.25) is 0 Å². The second-order valence-electron chi connectivity index (χ2n) is 6.93. The van der Waals surface area contributed by atoms with E-state index in [0.29, 0.717) is 30.7 Å². The summed E-state index contributed by atoms with van der Waals surface area (Å²) in [4.78, 5) is 3.73. The first-order valence-corrected chi connectivity index (χ1v) is 8.33. The number of rotatable bonds is 3. The number of aromatic nitrogens is 2. The van der Waals surface area contributed by atoms with E-state index in [1.165, 1.54) is 0 Å². The average molecular weight is 331 g/mol. The summed E-state index contributed by atoms with van der Waals surface area (Å²) in [5.41, 5.74) is -0.770. The van der Waals surface area contributed by atoms with Crippen molar-refractivity contribution >= 4 is 0 Å². The van der Waals surface area contributed by atoms with Crippen LogP contribution in [0.15, 0.2) is 6.20 Å². The number of fused-ring (bicyclic) bond motifs is 1. The van der Waals surface area contributed by atoms with Crippen LogP contribution in [-0.4, -0.2) is 34.3 Å². The van der Waals surface area contributed by atoms with Crippen molar-refractivity contribution in [3.05, 3.63) is 17.7 Å². The zero-order chi connectivity index (χ0) is 16.6. The van der Waals surface area contributed by atoms with E-state index < -0.39 is 11.9 Å². The molecule has 1 fully saturated rings. The molecule has 0 spiro atoms. The topological polar surface area (TPSA) is 39.1 Å². The predicted octanol–water partition coefficient (Wildman–Crippen LogP) is 3.01. The molecule has 1 aromatic rings. The molecule has 3 rings (SSSR count). The van der Waals surface area contributed by atoms with E-state index in [1.807, 2.05) is 0 Å². The fourth-order valence-electron chi connectivity index (χ4n) is 3.72. The molecule has 1 N–H and O–H groups in total. The summed E-state index contributed by atoms with van der Waals surface area (Å²) >= 11 is 0. The van der Waals surface area contributed by atoms with Crippen LogP contribution in [0, 0.1) is 5.92 Å². The maximum atomic E-state index is 12.7. The maximum Gasteiger partial charge on any atom is 0.434 e. The molecule has 4 nitrogen and oxygen atoms in total. The number of alkyl halides is 3. The van der Waals surface area contributed by atoms with Gasteiger partial charge in [-0.25, -0.2) is 4.98 Å². The standard InChI is InChI=1S/C16H24F3N3O/c1-10-5-13(6-11(2)23-10)20-7-12-3-4-15-21-14(16(17,18)19)9-22(15)8-12/h9-13,20H,3-8H2,1-2H3/t10-,11+,12-,13?/m0/s1. The van der Waals surface area contributed by atoms with Crippen molar-refractivity contribution in [2.45, 2.75) is 70.5 Å². The Labute approximate surface area is 134 Å². The van der Waals surface area contributed by atoms with Gasteiger partial charge in [-0.15, -0.1) is 0 Å². The second kappa shape index (κ2) is 6.43. The molecule has 0 radical (unpaired) electrons. The molecule has 0 saturated carbocycles. The van der Waals surface area contributed by atoms with Crippen LogP contribution in [0.2, 0.25) is 0 Å². The third kappa shape index (κ3) is 4.07. The van der Waals surface area contributed by atoms with Crippen molar-refractivity contribution in [2.75, 3.05) is 6.54 Å².